The second kappa shape index (κ2) is 6.79. The molecule has 1 aromatic rings. The highest BCUT2D eigenvalue weighted by Crippen LogP contribution is 2.09. The van der Waals surface area contributed by atoms with E-state index >= 15 is 0 Å². The van der Waals surface area contributed by atoms with Crippen molar-refractivity contribution in [2.75, 3.05) is 13.1 Å². The number of carbonyl (C=O) groups is 2. The second-order valence-corrected chi connectivity index (χ2v) is 4.24. The lowest BCUT2D eigenvalue weighted by atomic mass is 10.1. The summed E-state index contributed by atoms with van der Waals surface area (Å²) >= 11 is 0. The van der Waals surface area contributed by atoms with Crippen LogP contribution in [0.3, 0.4) is 0 Å². The third-order valence-corrected chi connectivity index (χ3v) is 2.67. The van der Waals surface area contributed by atoms with E-state index in [0.717, 1.165) is 25.9 Å². The van der Waals surface area contributed by atoms with Crippen LogP contribution in [0.15, 0.2) is 24.3 Å². The molecule has 0 spiro atoms. The largest absolute Gasteiger partial charge is 0.366 e. The van der Waals surface area contributed by atoms with Gasteiger partial charge in [-0.15, -0.1) is 0 Å². The van der Waals surface area contributed by atoms with Crippen molar-refractivity contribution >= 4 is 11.8 Å². The molecule has 1 aromatic carbocycles. The molecule has 1 rings (SSSR count). The highest BCUT2D eigenvalue weighted by Gasteiger charge is 2.15. The maximum Gasteiger partial charge on any atom is 0.253 e. The van der Waals surface area contributed by atoms with E-state index in [1.807, 2.05) is 13.8 Å². The quantitative estimate of drug-likeness (QED) is 0.837. The molecular formula is C14H20N2O2. The van der Waals surface area contributed by atoms with E-state index < -0.39 is 5.91 Å². The van der Waals surface area contributed by atoms with Gasteiger partial charge in [-0.05, 0) is 31.0 Å². The summed E-state index contributed by atoms with van der Waals surface area (Å²) in [7, 11) is 0. The van der Waals surface area contributed by atoms with E-state index in [0.29, 0.717) is 11.1 Å². The Labute approximate surface area is 108 Å². The maximum absolute atomic E-state index is 12.3. The molecule has 98 valence electrons. The number of primary amides is 1. The van der Waals surface area contributed by atoms with Crippen molar-refractivity contribution in [3.8, 4) is 0 Å². The van der Waals surface area contributed by atoms with Gasteiger partial charge in [-0.25, -0.2) is 0 Å². The molecule has 2 N–H and O–H groups in total. The van der Waals surface area contributed by atoms with E-state index in [1.54, 1.807) is 29.2 Å². The average Bonchev–Trinajstić information content (AvgIpc) is 2.38. The zero-order chi connectivity index (χ0) is 13.5. The predicted octanol–water partition coefficient (Wildman–Crippen LogP) is 2.05. The van der Waals surface area contributed by atoms with Gasteiger partial charge in [0.15, 0.2) is 0 Å². The Bertz CT molecular complexity index is 424. The van der Waals surface area contributed by atoms with Gasteiger partial charge in [-0.1, -0.05) is 19.9 Å². The average molecular weight is 248 g/mol. The molecule has 0 aliphatic carbocycles. The lowest BCUT2D eigenvalue weighted by Crippen LogP contribution is -2.32. The molecule has 18 heavy (non-hydrogen) atoms. The highest BCUT2D eigenvalue weighted by atomic mass is 16.2. The molecule has 0 saturated heterocycles. The van der Waals surface area contributed by atoms with Crippen molar-refractivity contribution < 1.29 is 9.59 Å². The Kier molecular flexibility index (Phi) is 5.36. The summed E-state index contributed by atoms with van der Waals surface area (Å²) in [6, 6.07) is 6.57. The van der Waals surface area contributed by atoms with E-state index in [-0.39, 0.29) is 5.91 Å². The van der Waals surface area contributed by atoms with Crippen LogP contribution in [-0.2, 0) is 0 Å². The van der Waals surface area contributed by atoms with Crippen LogP contribution in [-0.4, -0.2) is 29.8 Å². The van der Waals surface area contributed by atoms with Crippen molar-refractivity contribution in [3.05, 3.63) is 35.4 Å². The van der Waals surface area contributed by atoms with Gasteiger partial charge in [0.05, 0.1) is 0 Å². The van der Waals surface area contributed by atoms with Crippen LogP contribution < -0.4 is 5.73 Å². The van der Waals surface area contributed by atoms with Gasteiger partial charge >= 0.3 is 0 Å². The molecular weight excluding hydrogens is 228 g/mol. The molecule has 0 radical (unpaired) electrons. The van der Waals surface area contributed by atoms with Crippen molar-refractivity contribution in [2.24, 2.45) is 5.73 Å². The molecule has 0 heterocycles. The fraction of sp³-hybridized carbons (Fsp3) is 0.429. The molecule has 0 aliphatic heterocycles. The molecule has 4 heteroatoms. The van der Waals surface area contributed by atoms with E-state index in [1.165, 1.54) is 0 Å². The monoisotopic (exact) mass is 248 g/mol. The van der Waals surface area contributed by atoms with E-state index in [2.05, 4.69) is 0 Å². The molecule has 2 amide bonds. The van der Waals surface area contributed by atoms with Crippen molar-refractivity contribution in [3.63, 3.8) is 0 Å². The van der Waals surface area contributed by atoms with Crippen LogP contribution in [0.4, 0.5) is 0 Å². The fourth-order valence-electron chi connectivity index (χ4n) is 1.84. The summed E-state index contributed by atoms with van der Waals surface area (Å²) in [5.41, 5.74) is 6.10. The first-order valence-electron chi connectivity index (χ1n) is 6.29. The Balaban J connectivity index is 2.93. The van der Waals surface area contributed by atoms with E-state index in [4.69, 9.17) is 5.73 Å². The summed E-state index contributed by atoms with van der Waals surface area (Å²) in [5.74, 6) is -0.552. The van der Waals surface area contributed by atoms with Gasteiger partial charge in [-0.3, -0.25) is 9.59 Å². The Morgan fingerprint density at radius 3 is 2.17 bits per heavy atom. The molecule has 0 unspecified atom stereocenters. The zero-order valence-corrected chi connectivity index (χ0v) is 11.0. The molecule has 0 bridgehead atoms. The minimum Gasteiger partial charge on any atom is -0.366 e. The summed E-state index contributed by atoms with van der Waals surface area (Å²) in [6.45, 7) is 5.53. The summed E-state index contributed by atoms with van der Waals surface area (Å²) < 4.78 is 0. The number of nitrogens with zero attached hydrogens (tertiary/aromatic N) is 1. The van der Waals surface area contributed by atoms with Crippen LogP contribution in [0.2, 0.25) is 0 Å². The fourth-order valence-corrected chi connectivity index (χ4v) is 1.84. The standard InChI is InChI=1S/C14H20N2O2/c1-3-8-16(9-4-2)14(18)12-7-5-6-11(10-12)13(15)17/h5-7,10H,3-4,8-9H2,1-2H3,(H2,15,17). The first-order valence-corrected chi connectivity index (χ1v) is 6.29. The lowest BCUT2D eigenvalue weighted by Gasteiger charge is -2.21. The number of amides is 2. The Hall–Kier alpha value is -1.84. The van der Waals surface area contributed by atoms with Gasteiger partial charge in [0.2, 0.25) is 5.91 Å². The first-order chi connectivity index (χ1) is 8.60. The predicted molar refractivity (Wildman–Crippen MR) is 71.4 cm³/mol. The minimum atomic E-state index is -0.512. The first kappa shape index (κ1) is 14.2. The Morgan fingerprint density at radius 1 is 1.11 bits per heavy atom. The van der Waals surface area contributed by atoms with Gasteiger partial charge < -0.3 is 10.6 Å². The lowest BCUT2D eigenvalue weighted by molar-refractivity contribution is 0.0755. The normalized spacial score (nSPS) is 10.1. The third-order valence-electron chi connectivity index (χ3n) is 2.67. The van der Waals surface area contributed by atoms with Crippen LogP contribution in [0, 0.1) is 0 Å². The summed E-state index contributed by atoms with van der Waals surface area (Å²) in [4.78, 5) is 25.2. The number of hydrogen-bond donors (Lipinski definition) is 1. The van der Waals surface area contributed by atoms with Crippen LogP contribution >= 0.6 is 0 Å². The van der Waals surface area contributed by atoms with Gasteiger partial charge in [-0.2, -0.15) is 0 Å². The molecule has 0 fully saturated rings. The van der Waals surface area contributed by atoms with Crippen LogP contribution in [0.5, 0.6) is 0 Å². The molecule has 4 nitrogen and oxygen atoms in total. The van der Waals surface area contributed by atoms with Gasteiger partial charge in [0, 0.05) is 24.2 Å². The topological polar surface area (TPSA) is 63.4 Å². The molecule has 0 aliphatic rings. The number of nitrogens with two attached hydrogens (primary N) is 1. The van der Waals surface area contributed by atoms with Crippen molar-refractivity contribution in [2.45, 2.75) is 26.7 Å². The number of carbonyl (C=O) groups excluding carboxylic acids is 2. The molecule has 0 atom stereocenters. The minimum absolute atomic E-state index is 0.0400. The molecule has 0 saturated carbocycles. The van der Waals surface area contributed by atoms with Crippen LogP contribution in [0.1, 0.15) is 47.4 Å². The van der Waals surface area contributed by atoms with Gasteiger partial charge in [0.25, 0.3) is 5.91 Å². The number of benzene rings is 1. The highest BCUT2D eigenvalue weighted by molar-refractivity contribution is 5.99. The second-order valence-electron chi connectivity index (χ2n) is 4.24. The van der Waals surface area contributed by atoms with Crippen LogP contribution in [0.25, 0.3) is 0 Å². The van der Waals surface area contributed by atoms with Crippen molar-refractivity contribution in [1.29, 1.82) is 0 Å². The van der Waals surface area contributed by atoms with E-state index in [9.17, 15) is 9.59 Å². The Morgan fingerprint density at radius 2 is 1.67 bits per heavy atom. The SMILES string of the molecule is CCCN(CCC)C(=O)c1cccc(C(N)=O)c1. The molecule has 0 aromatic heterocycles. The number of hydrogen-bond acceptors (Lipinski definition) is 2. The zero-order valence-electron chi connectivity index (χ0n) is 11.0. The van der Waals surface area contributed by atoms with Gasteiger partial charge in [0.1, 0.15) is 0 Å². The number of rotatable bonds is 6. The van der Waals surface area contributed by atoms with Crippen molar-refractivity contribution in [1.82, 2.24) is 4.90 Å². The summed E-state index contributed by atoms with van der Waals surface area (Å²) in [6.07, 6.45) is 1.84. The smallest absolute Gasteiger partial charge is 0.253 e. The third kappa shape index (κ3) is 3.58. The maximum atomic E-state index is 12.3. The summed E-state index contributed by atoms with van der Waals surface area (Å²) in [5, 5.41) is 0.